The molecule has 3 N–H and O–H groups in total. The Bertz CT molecular complexity index is 394. The summed E-state index contributed by atoms with van der Waals surface area (Å²) in [6, 6.07) is 9.90. The molecular weight excluding hydrogens is 176 g/mol. The summed E-state index contributed by atoms with van der Waals surface area (Å²) in [6.07, 6.45) is 3.67. The van der Waals surface area contributed by atoms with E-state index in [4.69, 9.17) is 5.84 Å². The molecule has 0 bridgehead atoms. The normalized spacial score (nSPS) is 10.4. The number of benzene rings is 1. The van der Waals surface area contributed by atoms with Crippen molar-refractivity contribution in [1.29, 1.82) is 0 Å². The topological polar surface area (TPSA) is 55.9 Å². The minimum atomic E-state index is 0.635. The van der Waals surface area contributed by atoms with Crippen LogP contribution in [0, 0.1) is 0 Å². The summed E-state index contributed by atoms with van der Waals surface area (Å²) in [5.74, 6) is 5.30. The van der Waals surface area contributed by atoms with Gasteiger partial charge in [0.05, 0.1) is 5.69 Å². The molecule has 0 amide bonds. The van der Waals surface area contributed by atoms with Crippen molar-refractivity contribution in [3.05, 3.63) is 48.3 Å². The van der Waals surface area contributed by atoms with Gasteiger partial charge < -0.3 is 0 Å². The van der Waals surface area contributed by atoms with Gasteiger partial charge in [-0.15, -0.1) is 0 Å². The predicted molar refractivity (Wildman–Crippen MR) is 54.6 cm³/mol. The van der Waals surface area contributed by atoms with Gasteiger partial charge in [-0.25, -0.2) is 4.68 Å². The number of rotatable bonds is 3. The Kier molecular flexibility index (Phi) is 2.58. The SMILES string of the molecule is NNCc1ccccc1-n1cccn1. The molecular formula is C10H12N4. The zero-order valence-corrected chi connectivity index (χ0v) is 7.72. The van der Waals surface area contributed by atoms with Gasteiger partial charge in [0.25, 0.3) is 0 Å². The molecule has 0 atom stereocenters. The number of aromatic nitrogens is 2. The van der Waals surface area contributed by atoms with E-state index < -0.39 is 0 Å². The van der Waals surface area contributed by atoms with Crippen LogP contribution in [0.1, 0.15) is 5.56 Å². The lowest BCUT2D eigenvalue weighted by atomic mass is 10.2. The molecule has 0 saturated carbocycles. The van der Waals surface area contributed by atoms with Crippen molar-refractivity contribution in [2.75, 3.05) is 0 Å². The van der Waals surface area contributed by atoms with E-state index in [1.54, 1.807) is 6.20 Å². The maximum absolute atomic E-state index is 5.30. The lowest BCUT2D eigenvalue weighted by Gasteiger charge is -2.08. The zero-order chi connectivity index (χ0) is 9.80. The second-order valence-electron chi connectivity index (χ2n) is 2.96. The van der Waals surface area contributed by atoms with E-state index in [1.165, 1.54) is 0 Å². The number of nitrogens with two attached hydrogens (primary N) is 1. The van der Waals surface area contributed by atoms with Crippen molar-refractivity contribution >= 4 is 0 Å². The minimum absolute atomic E-state index is 0.635. The Morgan fingerprint density at radius 3 is 2.86 bits per heavy atom. The molecule has 14 heavy (non-hydrogen) atoms. The summed E-state index contributed by atoms with van der Waals surface area (Å²) < 4.78 is 1.83. The van der Waals surface area contributed by atoms with Gasteiger partial charge in [-0.1, -0.05) is 18.2 Å². The highest BCUT2D eigenvalue weighted by Gasteiger charge is 2.01. The first kappa shape index (κ1) is 8.93. The summed E-state index contributed by atoms with van der Waals surface area (Å²) in [5, 5.41) is 4.18. The minimum Gasteiger partial charge on any atom is -0.271 e. The Hall–Kier alpha value is -1.65. The van der Waals surface area contributed by atoms with Crippen LogP contribution in [0.25, 0.3) is 5.69 Å². The van der Waals surface area contributed by atoms with E-state index in [0.29, 0.717) is 6.54 Å². The predicted octanol–water partition coefficient (Wildman–Crippen LogP) is 0.836. The summed E-state index contributed by atoms with van der Waals surface area (Å²) in [4.78, 5) is 0. The molecule has 0 fully saturated rings. The van der Waals surface area contributed by atoms with E-state index in [9.17, 15) is 0 Å². The third-order valence-corrected chi connectivity index (χ3v) is 2.04. The lowest BCUT2D eigenvalue weighted by molar-refractivity contribution is 0.729. The second-order valence-corrected chi connectivity index (χ2v) is 2.96. The highest BCUT2D eigenvalue weighted by Crippen LogP contribution is 2.12. The second kappa shape index (κ2) is 4.04. The number of hydrazine groups is 1. The van der Waals surface area contributed by atoms with Crippen LogP contribution in [0.4, 0.5) is 0 Å². The molecule has 1 aromatic heterocycles. The van der Waals surface area contributed by atoms with Crippen molar-refractivity contribution in [1.82, 2.24) is 15.2 Å². The Morgan fingerprint density at radius 1 is 1.29 bits per heavy atom. The summed E-state index contributed by atoms with van der Waals surface area (Å²) in [5.41, 5.74) is 4.82. The average Bonchev–Trinajstić information content (AvgIpc) is 2.72. The Morgan fingerprint density at radius 2 is 2.14 bits per heavy atom. The fraction of sp³-hybridized carbons (Fsp3) is 0.100. The maximum atomic E-state index is 5.30. The van der Waals surface area contributed by atoms with E-state index in [0.717, 1.165) is 11.3 Å². The van der Waals surface area contributed by atoms with Crippen LogP contribution in [0.15, 0.2) is 42.7 Å². The van der Waals surface area contributed by atoms with Gasteiger partial charge in [0, 0.05) is 18.9 Å². The highest BCUT2D eigenvalue weighted by molar-refractivity contribution is 5.39. The van der Waals surface area contributed by atoms with Crippen LogP contribution in [-0.2, 0) is 6.54 Å². The van der Waals surface area contributed by atoms with Crippen LogP contribution in [0.5, 0.6) is 0 Å². The first-order valence-electron chi connectivity index (χ1n) is 4.43. The molecule has 0 saturated heterocycles. The number of nitrogens with one attached hydrogen (secondary N) is 1. The van der Waals surface area contributed by atoms with E-state index >= 15 is 0 Å². The van der Waals surface area contributed by atoms with Crippen LogP contribution in [0.2, 0.25) is 0 Å². The smallest absolute Gasteiger partial charge is 0.0691 e. The molecule has 4 nitrogen and oxygen atoms in total. The molecule has 1 heterocycles. The molecule has 1 aromatic carbocycles. The average molecular weight is 188 g/mol. The largest absolute Gasteiger partial charge is 0.271 e. The third kappa shape index (κ3) is 1.66. The van der Waals surface area contributed by atoms with Crippen LogP contribution in [-0.4, -0.2) is 9.78 Å². The zero-order valence-electron chi connectivity index (χ0n) is 7.72. The fourth-order valence-corrected chi connectivity index (χ4v) is 1.41. The maximum Gasteiger partial charge on any atom is 0.0691 e. The quantitative estimate of drug-likeness (QED) is 0.554. The van der Waals surface area contributed by atoms with Gasteiger partial charge in [0.1, 0.15) is 0 Å². The molecule has 0 spiro atoms. The lowest BCUT2D eigenvalue weighted by Crippen LogP contribution is -2.21. The third-order valence-electron chi connectivity index (χ3n) is 2.04. The molecule has 0 aliphatic carbocycles. The van der Waals surface area contributed by atoms with Gasteiger partial charge in [-0.05, 0) is 17.7 Å². The molecule has 0 unspecified atom stereocenters. The summed E-state index contributed by atoms with van der Waals surface area (Å²) >= 11 is 0. The van der Waals surface area contributed by atoms with E-state index in [1.807, 2.05) is 41.2 Å². The number of hydrogen-bond donors (Lipinski definition) is 2. The van der Waals surface area contributed by atoms with Crippen molar-refractivity contribution in [2.24, 2.45) is 5.84 Å². The Labute approximate surface area is 82.3 Å². The number of para-hydroxylation sites is 1. The molecule has 0 aliphatic heterocycles. The molecule has 4 heteroatoms. The Balaban J connectivity index is 2.42. The summed E-state index contributed by atoms with van der Waals surface area (Å²) in [6.45, 7) is 0.635. The van der Waals surface area contributed by atoms with Crippen LogP contribution >= 0.6 is 0 Å². The first-order valence-corrected chi connectivity index (χ1v) is 4.43. The van der Waals surface area contributed by atoms with E-state index in [2.05, 4.69) is 10.5 Å². The standard InChI is InChI=1S/C10H12N4/c11-12-8-9-4-1-2-5-10(9)14-7-3-6-13-14/h1-7,12H,8,11H2. The van der Waals surface area contributed by atoms with Crippen molar-refractivity contribution in [3.8, 4) is 5.69 Å². The van der Waals surface area contributed by atoms with E-state index in [-0.39, 0.29) is 0 Å². The van der Waals surface area contributed by atoms with Gasteiger partial charge in [-0.2, -0.15) is 5.10 Å². The monoisotopic (exact) mass is 188 g/mol. The van der Waals surface area contributed by atoms with Gasteiger partial charge in [0.15, 0.2) is 0 Å². The molecule has 2 rings (SSSR count). The first-order chi connectivity index (χ1) is 6.92. The molecule has 2 aromatic rings. The fourth-order valence-electron chi connectivity index (χ4n) is 1.41. The molecule has 0 radical (unpaired) electrons. The van der Waals surface area contributed by atoms with Crippen molar-refractivity contribution < 1.29 is 0 Å². The number of nitrogens with zero attached hydrogens (tertiary/aromatic N) is 2. The van der Waals surface area contributed by atoms with Crippen molar-refractivity contribution in [2.45, 2.75) is 6.54 Å². The van der Waals surface area contributed by atoms with Crippen LogP contribution in [0.3, 0.4) is 0 Å². The van der Waals surface area contributed by atoms with Crippen LogP contribution < -0.4 is 11.3 Å². The van der Waals surface area contributed by atoms with Crippen molar-refractivity contribution in [3.63, 3.8) is 0 Å². The van der Waals surface area contributed by atoms with Gasteiger partial charge in [-0.3, -0.25) is 11.3 Å². The van der Waals surface area contributed by atoms with Gasteiger partial charge >= 0.3 is 0 Å². The molecule has 0 aliphatic rings. The number of hydrogen-bond acceptors (Lipinski definition) is 3. The van der Waals surface area contributed by atoms with Gasteiger partial charge in [0.2, 0.25) is 0 Å². The summed E-state index contributed by atoms with van der Waals surface area (Å²) in [7, 11) is 0. The highest BCUT2D eigenvalue weighted by atomic mass is 15.3. The molecule has 72 valence electrons.